The van der Waals surface area contributed by atoms with Gasteiger partial charge in [0.15, 0.2) is 5.78 Å². The first kappa shape index (κ1) is 57.9. The molecule has 0 amide bonds. The molecular weight excluding hydrogens is 637 g/mol. The van der Waals surface area contributed by atoms with Crippen LogP contribution in [-0.4, -0.2) is 18.2 Å². The van der Waals surface area contributed by atoms with Crippen molar-refractivity contribution in [3.05, 3.63) is 89.1 Å². The van der Waals surface area contributed by atoms with E-state index in [4.69, 9.17) is 4.74 Å². The van der Waals surface area contributed by atoms with Crippen molar-refractivity contribution in [1.82, 2.24) is 0 Å². The predicted octanol–water partition coefficient (Wildman–Crippen LogP) is 15.5. The monoisotopic (exact) mass is 721 g/mol. The number of unbranched alkanes of at least 4 members (excludes halogenated alkanes) is 3. The lowest BCUT2D eigenvalue weighted by Gasteiger charge is -2.11. The van der Waals surface area contributed by atoms with Crippen LogP contribution in [0, 0.1) is 37.5 Å². The molecule has 3 nitrogen and oxygen atoms in total. The maximum Gasteiger partial charge on any atom is 0.159 e. The van der Waals surface area contributed by atoms with E-state index >= 15 is 0 Å². The molecule has 0 spiro atoms. The third kappa shape index (κ3) is 39.4. The van der Waals surface area contributed by atoms with Gasteiger partial charge in [0.25, 0.3) is 0 Å². The second-order valence-corrected chi connectivity index (χ2v) is 13.5. The number of rotatable bonds is 17. The highest BCUT2D eigenvalue weighted by Crippen LogP contribution is 2.19. The summed E-state index contributed by atoms with van der Waals surface area (Å²) < 4.78 is 5.38. The minimum absolute atomic E-state index is 0.0703. The highest BCUT2D eigenvalue weighted by molar-refractivity contribution is 5.94. The van der Waals surface area contributed by atoms with Crippen LogP contribution < -0.4 is 4.74 Å². The molecule has 298 valence electrons. The molecule has 52 heavy (non-hydrogen) atoms. The van der Waals surface area contributed by atoms with Crippen molar-refractivity contribution in [2.24, 2.45) is 17.8 Å². The number of hydrogen-bond acceptors (Lipinski definition) is 3. The van der Waals surface area contributed by atoms with Crippen LogP contribution in [0.5, 0.6) is 5.75 Å². The zero-order chi connectivity index (χ0) is 41.5. The van der Waals surface area contributed by atoms with Gasteiger partial charge in [-0.3, -0.25) is 9.59 Å². The summed E-state index contributed by atoms with van der Waals surface area (Å²) in [6.45, 7) is 37.3. The normalized spacial score (nSPS) is 11.9. The Bertz CT molecular complexity index is 1150. The number of carbonyl (C=O) groups is 2. The molecule has 2 atom stereocenters. The van der Waals surface area contributed by atoms with Gasteiger partial charge in [-0.05, 0) is 90.8 Å². The molecule has 0 fully saturated rings. The van der Waals surface area contributed by atoms with Gasteiger partial charge in [-0.1, -0.05) is 173 Å². The molecule has 0 radical (unpaired) electrons. The number of aryl methyl sites for hydroxylation is 1. The van der Waals surface area contributed by atoms with E-state index in [1.165, 1.54) is 62.5 Å². The Hall–Kier alpha value is -3.38. The largest absolute Gasteiger partial charge is 0.494 e. The molecule has 3 heteroatoms. The Kier molecular flexibility index (Phi) is 46.8. The lowest BCUT2D eigenvalue weighted by molar-refractivity contribution is -0.121. The number of terminal acetylenes is 1. The van der Waals surface area contributed by atoms with Gasteiger partial charge < -0.3 is 4.74 Å². The number of ether oxygens (including phenoxy) is 1. The fourth-order valence-corrected chi connectivity index (χ4v) is 4.46. The Morgan fingerprint density at radius 3 is 1.69 bits per heavy atom. The second kappa shape index (κ2) is 42.0. The smallest absolute Gasteiger partial charge is 0.159 e. The Morgan fingerprint density at radius 1 is 0.808 bits per heavy atom. The van der Waals surface area contributed by atoms with Crippen LogP contribution in [0.3, 0.4) is 0 Å². The van der Waals surface area contributed by atoms with Gasteiger partial charge >= 0.3 is 0 Å². The topological polar surface area (TPSA) is 43.4 Å². The molecular formula is C49H84O3. The van der Waals surface area contributed by atoms with Crippen molar-refractivity contribution >= 4 is 11.6 Å². The van der Waals surface area contributed by atoms with Crippen LogP contribution in [0.1, 0.15) is 178 Å². The standard InChI is InChI=1S/C12H20O.C11H14O2.C10H16.C8H18.C6H14.C2H2/c1-5-6-7-8-9-10(2)11(3)12(4)13;1-4-13-11-7-10(9(3)12)6-5-8(11)2;1-6-9(4)10(5)7-8(2)3;1-4-6-8(3)7-5-2;1-3-5-6-4-2;1-2/h6-11H,5H2,1-4H3;5-7H,4H2,1-3H3;6-7H,2H2,1,3-5H3;8H,4-7H2,1-3H3;3-6H2,1-2H3;1-2H/b7-6-,9-8-;;9-6-,10-7-;;;. The summed E-state index contributed by atoms with van der Waals surface area (Å²) in [7, 11) is 0. The van der Waals surface area contributed by atoms with E-state index in [0.29, 0.717) is 18.1 Å². The van der Waals surface area contributed by atoms with Gasteiger partial charge in [0.1, 0.15) is 11.5 Å². The summed E-state index contributed by atoms with van der Waals surface area (Å²) in [5.41, 5.74) is 5.50. The summed E-state index contributed by atoms with van der Waals surface area (Å²) in [4.78, 5) is 22.1. The molecule has 0 aromatic heterocycles. The van der Waals surface area contributed by atoms with Gasteiger partial charge in [0, 0.05) is 11.5 Å². The average molecular weight is 721 g/mol. The van der Waals surface area contributed by atoms with Crippen LogP contribution >= 0.6 is 0 Å². The van der Waals surface area contributed by atoms with Crippen molar-refractivity contribution < 1.29 is 14.3 Å². The highest BCUT2D eigenvalue weighted by atomic mass is 16.5. The van der Waals surface area contributed by atoms with Crippen molar-refractivity contribution in [3.8, 4) is 18.6 Å². The van der Waals surface area contributed by atoms with Crippen molar-refractivity contribution in [1.29, 1.82) is 0 Å². The van der Waals surface area contributed by atoms with E-state index < -0.39 is 0 Å². The minimum atomic E-state index is 0.0703. The Balaban J connectivity index is -0.000000179. The molecule has 1 aromatic carbocycles. The summed E-state index contributed by atoms with van der Waals surface area (Å²) in [5, 5.41) is 0. The van der Waals surface area contributed by atoms with Crippen LogP contribution in [0.15, 0.2) is 78.0 Å². The quantitative estimate of drug-likeness (QED) is 0.0696. The predicted molar refractivity (Wildman–Crippen MR) is 237 cm³/mol. The van der Waals surface area contributed by atoms with Crippen LogP contribution in [-0.2, 0) is 4.79 Å². The van der Waals surface area contributed by atoms with E-state index in [9.17, 15) is 9.59 Å². The summed E-state index contributed by atoms with van der Waals surface area (Å²) in [6, 6.07) is 5.52. The molecule has 1 rings (SSSR count). The van der Waals surface area contributed by atoms with E-state index in [2.05, 4.69) is 106 Å². The number of allylic oxidation sites excluding steroid dienone is 9. The molecule has 0 aliphatic heterocycles. The van der Waals surface area contributed by atoms with Crippen molar-refractivity contribution in [2.75, 3.05) is 6.61 Å². The first-order valence-electron chi connectivity index (χ1n) is 19.9. The summed E-state index contributed by atoms with van der Waals surface area (Å²) >= 11 is 0. The first-order chi connectivity index (χ1) is 24.5. The third-order valence-electron chi connectivity index (χ3n) is 8.26. The molecule has 0 aliphatic rings. The zero-order valence-corrected chi connectivity index (χ0v) is 37.1. The van der Waals surface area contributed by atoms with Crippen molar-refractivity contribution in [2.45, 2.75) is 169 Å². The zero-order valence-electron chi connectivity index (χ0n) is 37.1. The molecule has 2 unspecified atom stereocenters. The lowest BCUT2D eigenvalue weighted by Crippen LogP contribution is -2.13. The SMILES string of the molecule is C#C.C=C(C)/C=C(C)\C(C)=C/C.CC/C=C\C=C/C(C)C(C)C(C)=O.CCCC(C)CCC.CCCCCC.CCOc1cc(C(C)=O)ccc1C. The van der Waals surface area contributed by atoms with Crippen molar-refractivity contribution in [3.63, 3.8) is 0 Å². The van der Waals surface area contributed by atoms with E-state index in [-0.39, 0.29) is 17.5 Å². The number of carbonyl (C=O) groups excluding carboxylic acids is 2. The minimum Gasteiger partial charge on any atom is -0.494 e. The number of benzene rings is 1. The second-order valence-electron chi connectivity index (χ2n) is 13.5. The third-order valence-corrected chi connectivity index (χ3v) is 8.26. The van der Waals surface area contributed by atoms with Crippen LogP contribution in [0.4, 0.5) is 0 Å². The molecule has 0 saturated carbocycles. The van der Waals surface area contributed by atoms with E-state index in [0.717, 1.165) is 29.2 Å². The highest BCUT2D eigenvalue weighted by Gasteiger charge is 2.12. The maximum absolute atomic E-state index is 11.1. The molecule has 1 aromatic rings. The number of hydrogen-bond donors (Lipinski definition) is 0. The maximum atomic E-state index is 11.1. The number of ketones is 2. The van der Waals surface area contributed by atoms with Gasteiger partial charge in [-0.25, -0.2) is 0 Å². The average Bonchev–Trinajstić information content (AvgIpc) is 3.11. The Morgan fingerprint density at radius 2 is 1.33 bits per heavy atom. The lowest BCUT2D eigenvalue weighted by atomic mass is 9.92. The molecule has 0 N–H and O–H groups in total. The molecule has 0 aliphatic carbocycles. The molecule has 0 saturated heterocycles. The van der Waals surface area contributed by atoms with Gasteiger partial charge in [-0.15, -0.1) is 12.8 Å². The summed E-state index contributed by atoms with van der Waals surface area (Å²) in [5.74, 6) is 2.56. The van der Waals surface area contributed by atoms with Gasteiger partial charge in [0.05, 0.1) is 6.61 Å². The molecule has 0 heterocycles. The van der Waals surface area contributed by atoms with E-state index in [1.807, 2.05) is 58.9 Å². The number of Topliss-reactive ketones (excluding diaryl/α,β-unsaturated/α-hetero) is 2. The Labute approximate surface area is 325 Å². The van der Waals surface area contributed by atoms with Gasteiger partial charge in [-0.2, -0.15) is 0 Å². The van der Waals surface area contributed by atoms with Crippen LogP contribution in [0.2, 0.25) is 0 Å². The van der Waals surface area contributed by atoms with E-state index in [1.54, 1.807) is 19.9 Å². The molecule has 0 bridgehead atoms. The summed E-state index contributed by atoms with van der Waals surface area (Å²) in [6.07, 6.45) is 32.5. The first-order valence-corrected chi connectivity index (χ1v) is 19.9. The fourth-order valence-electron chi connectivity index (χ4n) is 4.46. The fraction of sp³-hybridized carbons (Fsp3) is 0.592. The van der Waals surface area contributed by atoms with Crippen LogP contribution in [0.25, 0.3) is 0 Å². The van der Waals surface area contributed by atoms with Gasteiger partial charge in [0.2, 0.25) is 0 Å².